The summed E-state index contributed by atoms with van der Waals surface area (Å²) in [6.45, 7) is 0.652. The Kier molecular flexibility index (Phi) is 3.90. The van der Waals surface area contributed by atoms with Crippen molar-refractivity contribution >= 4 is 34.4 Å². The monoisotopic (exact) mass is 305 g/mol. The van der Waals surface area contributed by atoms with Gasteiger partial charge in [-0.2, -0.15) is 0 Å². The highest BCUT2D eigenvalue weighted by Gasteiger charge is 2.12. The van der Waals surface area contributed by atoms with Gasteiger partial charge in [-0.3, -0.25) is 0 Å². The van der Waals surface area contributed by atoms with E-state index in [1.165, 1.54) is 0 Å². The van der Waals surface area contributed by atoms with E-state index in [-0.39, 0.29) is 0 Å². The molecule has 102 valence electrons. The molecule has 0 N–H and O–H groups in total. The summed E-state index contributed by atoms with van der Waals surface area (Å²) in [6, 6.07) is 11.7. The van der Waals surface area contributed by atoms with Gasteiger partial charge in [-0.1, -0.05) is 29.8 Å². The predicted molar refractivity (Wildman–Crippen MR) is 82.5 cm³/mol. The van der Waals surface area contributed by atoms with E-state index in [0.717, 1.165) is 27.6 Å². The van der Waals surface area contributed by atoms with E-state index < -0.39 is 0 Å². The van der Waals surface area contributed by atoms with Crippen LogP contribution >= 0.6 is 23.2 Å². The molecule has 3 nitrogen and oxygen atoms in total. The number of rotatable bonds is 4. The average molecular weight is 306 g/mol. The Morgan fingerprint density at radius 1 is 1.10 bits per heavy atom. The highest BCUT2D eigenvalue weighted by Crippen LogP contribution is 2.21. The lowest BCUT2D eigenvalue weighted by atomic mass is 10.2. The SMILES string of the molecule is ClCCc1nc2cccnc2n1Cc1ccccc1Cl. The van der Waals surface area contributed by atoms with E-state index in [4.69, 9.17) is 23.2 Å². The van der Waals surface area contributed by atoms with Crippen LogP contribution in [0.3, 0.4) is 0 Å². The zero-order valence-corrected chi connectivity index (χ0v) is 12.3. The summed E-state index contributed by atoms with van der Waals surface area (Å²) < 4.78 is 2.08. The minimum absolute atomic E-state index is 0.534. The molecular weight excluding hydrogens is 293 g/mol. The van der Waals surface area contributed by atoms with Gasteiger partial charge in [0.2, 0.25) is 0 Å². The number of hydrogen-bond donors (Lipinski definition) is 0. The zero-order valence-electron chi connectivity index (χ0n) is 10.8. The van der Waals surface area contributed by atoms with Crippen LogP contribution in [0.15, 0.2) is 42.6 Å². The second kappa shape index (κ2) is 5.81. The Morgan fingerprint density at radius 2 is 1.95 bits per heavy atom. The molecule has 0 fully saturated rings. The molecule has 0 amide bonds. The smallest absolute Gasteiger partial charge is 0.160 e. The maximum absolute atomic E-state index is 6.24. The topological polar surface area (TPSA) is 30.7 Å². The first-order chi connectivity index (χ1) is 9.79. The third-order valence-corrected chi connectivity index (χ3v) is 3.74. The number of fused-ring (bicyclic) bond motifs is 1. The lowest BCUT2D eigenvalue weighted by Gasteiger charge is -2.09. The largest absolute Gasteiger partial charge is 0.308 e. The van der Waals surface area contributed by atoms with Gasteiger partial charge < -0.3 is 4.57 Å². The molecule has 20 heavy (non-hydrogen) atoms. The number of imidazole rings is 1. The number of benzene rings is 1. The van der Waals surface area contributed by atoms with Crippen LogP contribution in [0.1, 0.15) is 11.4 Å². The number of pyridine rings is 1. The Morgan fingerprint density at radius 3 is 2.75 bits per heavy atom. The van der Waals surface area contributed by atoms with Crippen LogP contribution in [0.5, 0.6) is 0 Å². The Hall–Kier alpha value is -1.58. The molecule has 0 radical (unpaired) electrons. The van der Waals surface area contributed by atoms with Gasteiger partial charge in [-0.05, 0) is 23.8 Å². The first-order valence-electron chi connectivity index (χ1n) is 6.39. The molecule has 0 aliphatic heterocycles. The lowest BCUT2D eigenvalue weighted by Crippen LogP contribution is -2.07. The fraction of sp³-hybridized carbons (Fsp3) is 0.200. The summed E-state index contributed by atoms with van der Waals surface area (Å²) >= 11 is 12.1. The van der Waals surface area contributed by atoms with Crippen molar-refractivity contribution in [3.05, 3.63) is 59.0 Å². The van der Waals surface area contributed by atoms with Gasteiger partial charge in [0.15, 0.2) is 5.65 Å². The van der Waals surface area contributed by atoms with Gasteiger partial charge in [0.1, 0.15) is 11.3 Å². The van der Waals surface area contributed by atoms with Crippen molar-refractivity contribution < 1.29 is 0 Å². The van der Waals surface area contributed by atoms with E-state index in [0.29, 0.717) is 18.8 Å². The van der Waals surface area contributed by atoms with Crippen LogP contribution in [-0.4, -0.2) is 20.4 Å². The zero-order chi connectivity index (χ0) is 13.9. The van der Waals surface area contributed by atoms with Gasteiger partial charge >= 0.3 is 0 Å². The number of hydrogen-bond acceptors (Lipinski definition) is 2. The van der Waals surface area contributed by atoms with Crippen molar-refractivity contribution in [3.63, 3.8) is 0 Å². The van der Waals surface area contributed by atoms with E-state index in [1.54, 1.807) is 6.20 Å². The van der Waals surface area contributed by atoms with Gasteiger partial charge in [-0.25, -0.2) is 9.97 Å². The Bertz CT molecular complexity index is 737. The van der Waals surface area contributed by atoms with Crippen LogP contribution in [0.2, 0.25) is 5.02 Å². The summed E-state index contributed by atoms with van der Waals surface area (Å²) in [5.74, 6) is 1.47. The predicted octanol–water partition coefficient (Wildman–Crippen LogP) is 3.91. The van der Waals surface area contributed by atoms with Crippen LogP contribution in [-0.2, 0) is 13.0 Å². The molecule has 0 unspecified atom stereocenters. The quantitative estimate of drug-likeness (QED) is 0.684. The first-order valence-corrected chi connectivity index (χ1v) is 7.30. The standard InChI is InChI=1S/C15H13Cl2N3/c16-8-7-14-19-13-6-3-9-18-15(13)20(14)10-11-4-1-2-5-12(11)17/h1-6,9H,7-8,10H2. The van der Waals surface area contributed by atoms with E-state index in [2.05, 4.69) is 14.5 Å². The number of nitrogens with zero attached hydrogens (tertiary/aromatic N) is 3. The van der Waals surface area contributed by atoms with Crippen molar-refractivity contribution in [2.45, 2.75) is 13.0 Å². The summed E-state index contributed by atoms with van der Waals surface area (Å²) in [7, 11) is 0. The summed E-state index contributed by atoms with van der Waals surface area (Å²) in [5.41, 5.74) is 2.81. The van der Waals surface area contributed by atoms with Crippen molar-refractivity contribution in [1.82, 2.24) is 14.5 Å². The van der Waals surface area contributed by atoms with Crippen LogP contribution in [0.25, 0.3) is 11.2 Å². The lowest BCUT2D eigenvalue weighted by molar-refractivity contribution is 0.748. The molecule has 0 atom stereocenters. The fourth-order valence-electron chi connectivity index (χ4n) is 2.24. The number of aromatic nitrogens is 3. The summed E-state index contributed by atoms with van der Waals surface area (Å²) in [6.07, 6.45) is 2.49. The number of aryl methyl sites for hydroxylation is 1. The summed E-state index contributed by atoms with van der Waals surface area (Å²) in [4.78, 5) is 9.03. The molecule has 3 rings (SSSR count). The third kappa shape index (κ3) is 2.51. The van der Waals surface area contributed by atoms with Crippen molar-refractivity contribution in [2.24, 2.45) is 0 Å². The molecule has 0 aliphatic carbocycles. The van der Waals surface area contributed by atoms with Gasteiger partial charge in [-0.15, -0.1) is 11.6 Å². The minimum atomic E-state index is 0.534. The molecule has 0 saturated heterocycles. The minimum Gasteiger partial charge on any atom is -0.308 e. The van der Waals surface area contributed by atoms with Gasteiger partial charge in [0, 0.05) is 23.5 Å². The molecule has 0 bridgehead atoms. The Balaban J connectivity index is 2.09. The molecule has 0 saturated carbocycles. The summed E-state index contributed by atoms with van der Waals surface area (Å²) in [5, 5.41) is 0.752. The molecule has 2 heterocycles. The molecule has 0 spiro atoms. The molecule has 1 aromatic carbocycles. The normalized spacial score (nSPS) is 11.1. The van der Waals surface area contributed by atoms with E-state index in [1.807, 2.05) is 36.4 Å². The second-order valence-corrected chi connectivity index (χ2v) is 5.28. The van der Waals surface area contributed by atoms with E-state index >= 15 is 0 Å². The molecule has 2 aromatic heterocycles. The second-order valence-electron chi connectivity index (χ2n) is 4.49. The van der Waals surface area contributed by atoms with Crippen LogP contribution in [0.4, 0.5) is 0 Å². The highest BCUT2D eigenvalue weighted by molar-refractivity contribution is 6.31. The number of alkyl halides is 1. The first kappa shape index (κ1) is 13.4. The van der Waals surface area contributed by atoms with Crippen molar-refractivity contribution in [2.75, 3.05) is 5.88 Å². The number of halogens is 2. The van der Waals surface area contributed by atoms with Crippen LogP contribution < -0.4 is 0 Å². The molecule has 3 aromatic rings. The fourth-order valence-corrected chi connectivity index (χ4v) is 2.61. The van der Waals surface area contributed by atoms with Crippen molar-refractivity contribution in [3.8, 4) is 0 Å². The Labute approximate surface area is 127 Å². The van der Waals surface area contributed by atoms with Crippen LogP contribution in [0, 0.1) is 0 Å². The maximum Gasteiger partial charge on any atom is 0.160 e. The molecule has 0 aliphatic rings. The molecular formula is C15H13Cl2N3. The molecule has 5 heteroatoms. The van der Waals surface area contributed by atoms with Gasteiger partial charge in [0.05, 0.1) is 6.54 Å². The maximum atomic E-state index is 6.24. The van der Waals surface area contributed by atoms with E-state index in [9.17, 15) is 0 Å². The average Bonchev–Trinajstić information content (AvgIpc) is 2.80. The highest BCUT2D eigenvalue weighted by atomic mass is 35.5. The third-order valence-electron chi connectivity index (χ3n) is 3.19. The van der Waals surface area contributed by atoms with Crippen molar-refractivity contribution in [1.29, 1.82) is 0 Å². The van der Waals surface area contributed by atoms with Gasteiger partial charge in [0.25, 0.3) is 0 Å².